The maximum absolute atomic E-state index is 12.1. The molecule has 1 heterocycles. The van der Waals surface area contributed by atoms with Crippen LogP contribution in [0.15, 0.2) is 30.5 Å². The smallest absolute Gasteiger partial charge is 0.251 e. The van der Waals surface area contributed by atoms with Gasteiger partial charge in [-0.15, -0.1) is 0 Å². The molecule has 112 valence electrons. The van der Waals surface area contributed by atoms with Gasteiger partial charge in [0, 0.05) is 37.7 Å². The molecule has 0 aliphatic heterocycles. The average molecular weight is 287 g/mol. The molecule has 21 heavy (non-hydrogen) atoms. The van der Waals surface area contributed by atoms with E-state index in [1.807, 2.05) is 44.3 Å². The fourth-order valence-corrected chi connectivity index (χ4v) is 2.23. The van der Waals surface area contributed by atoms with Gasteiger partial charge >= 0.3 is 0 Å². The Morgan fingerprint density at radius 2 is 2.19 bits per heavy atom. The second kappa shape index (κ2) is 7.04. The topological polar surface area (TPSA) is 56.1 Å². The summed E-state index contributed by atoms with van der Waals surface area (Å²) in [6.07, 6.45) is 1.82. The number of carbonyl (C=O) groups excluding carboxylic acids is 1. The zero-order valence-electron chi connectivity index (χ0n) is 12.7. The van der Waals surface area contributed by atoms with E-state index in [2.05, 4.69) is 14.9 Å². The molecule has 0 spiro atoms. The second-order valence-corrected chi connectivity index (χ2v) is 5.03. The first-order valence-corrected chi connectivity index (χ1v) is 6.96. The maximum atomic E-state index is 12.1. The highest BCUT2D eigenvalue weighted by molar-refractivity contribution is 5.94. The highest BCUT2D eigenvalue weighted by Gasteiger charge is 2.08. The molecule has 5 heteroatoms. The number of benzene rings is 1. The largest absolute Gasteiger partial charge is 0.377 e. The van der Waals surface area contributed by atoms with Crippen molar-refractivity contribution in [2.75, 3.05) is 13.7 Å². The molecule has 0 unspecified atom stereocenters. The van der Waals surface area contributed by atoms with E-state index in [1.54, 1.807) is 7.11 Å². The van der Waals surface area contributed by atoms with E-state index >= 15 is 0 Å². The molecule has 0 fully saturated rings. The number of amides is 1. The number of aryl methyl sites for hydroxylation is 2. The van der Waals surface area contributed by atoms with E-state index in [0.29, 0.717) is 25.3 Å². The quantitative estimate of drug-likeness (QED) is 0.885. The van der Waals surface area contributed by atoms with Crippen molar-refractivity contribution in [1.29, 1.82) is 0 Å². The van der Waals surface area contributed by atoms with E-state index in [0.717, 1.165) is 17.1 Å². The molecule has 0 bridgehead atoms. The molecule has 0 aliphatic rings. The van der Waals surface area contributed by atoms with Gasteiger partial charge in [0.1, 0.15) is 12.4 Å². The lowest BCUT2D eigenvalue weighted by atomic mass is 10.1. The predicted octanol–water partition coefficient (Wildman–Crippen LogP) is 2.08. The second-order valence-electron chi connectivity index (χ2n) is 5.03. The number of carbonyl (C=O) groups is 1. The average Bonchev–Trinajstić information content (AvgIpc) is 2.80. The van der Waals surface area contributed by atoms with Gasteiger partial charge in [-0.1, -0.05) is 17.7 Å². The van der Waals surface area contributed by atoms with Gasteiger partial charge in [0.25, 0.3) is 5.91 Å². The van der Waals surface area contributed by atoms with Gasteiger partial charge in [0.2, 0.25) is 0 Å². The Hall–Kier alpha value is -2.14. The summed E-state index contributed by atoms with van der Waals surface area (Å²) in [7, 11) is 1.65. The van der Waals surface area contributed by atoms with Gasteiger partial charge in [-0.3, -0.25) is 4.79 Å². The third-order valence-corrected chi connectivity index (χ3v) is 3.31. The minimum atomic E-state index is -0.0511. The van der Waals surface area contributed by atoms with Crippen LogP contribution in [0, 0.1) is 13.8 Å². The maximum Gasteiger partial charge on any atom is 0.251 e. The van der Waals surface area contributed by atoms with Crippen molar-refractivity contribution in [3.05, 3.63) is 53.1 Å². The number of methoxy groups -OCH3 is 1. The van der Waals surface area contributed by atoms with Crippen LogP contribution in [0.2, 0.25) is 0 Å². The van der Waals surface area contributed by atoms with Gasteiger partial charge in [0.05, 0.1) is 0 Å². The third kappa shape index (κ3) is 3.92. The minimum absolute atomic E-state index is 0.0511. The van der Waals surface area contributed by atoms with Gasteiger partial charge in [-0.2, -0.15) is 0 Å². The van der Waals surface area contributed by atoms with Crippen molar-refractivity contribution in [3.8, 4) is 0 Å². The molecule has 5 nitrogen and oxygen atoms in total. The summed E-state index contributed by atoms with van der Waals surface area (Å²) in [4.78, 5) is 16.4. The van der Waals surface area contributed by atoms with Crippen LogP contribution in [0.4, 0.5) is 0 Å². The lowest BCUT2D eigenvalue weighted by Crippen LogP contribution is -2.28. The Kier molecular flexibility index (Phi) is 5.11. The number of hydrogen-bond donors (Lipinski definition) is 1. The highest BCUT2D eigenvalue weighted by Crippen LogP contribution is 2.06. The SMILES string of the molecule is COCc1ncc(C)n1CCNC(=O)c1cccc(C)c1. The normalized spacial score (nSPS) is 10.6. The summed E-state index contributed by atoms with van der Waals surface area (Å²) >= 11 is 0. The summed E-state index contributed by atoms with van der Waals surface area (Å²) in [5.41, 5.74) is 2.83. The molecular weight excluding hydrogens is 266 g/mol. The van der Waals surface area contributed by atoms with Crippen LogP contribution in [0.5, 0.6) is 0 Å². The number of ether oxygens (including phenoxy) is 1. The molecule has 0 atom stereocenters. The summed E-state index contributed by atoms with van der Waals surface area (Å²) in [5.74, 6) is 0.824. The molecule has 1 aromatic heterocycles. The molecule has 1 N–H and O–H groups in total. The van der Waals surface area contributed by atoms with E-state index in [9.17, 15) is 4.79 Å². The van der Waals surface area contributed by atoms with Crippen molar-refractivity contribution in [2.24, 2.45) is 0 Å². The predicted molar refractivity (Wildman–Crippen MR) is 81.2 cm³/mol. The molecule has 0 saturated carbocycles. The lowest BCUT2D eigenvalue weighted by molar-refractivity contribution is 0.0951. The number of imidazole rings is 1. The van der Waals surface area contributed by atoms with Crippen molar-refractivity contribution in [2.45, 2.75) is 27.0 Å². The van der Waals surface area contributed by atoms with Crippen molar-refractivity contribution in [3.63, 3.8) is 0 Å². The van der Waals surface area contributed by atoms with Crippen LogP contribution in [-0.4, -0.2) is 29.1 Å². The van der Waals surface area contributed by atoms with Crippen LogP contribution in [0.25, 0.3) is 0 Å². The zero-order valence-corrected chi connectivity index (χ0v) is 12.7. The third-order valence-electron chi connectivity index (χ3n) is 3.31. The van der Waals surface area contributed by atoms with E-state index < -0.39 is 0 Å². The Bertz CT molecular complexity index is 620. The summed E-state index contributed by atoms with van der Waals surface area (Å²) < 4.78 is 7.18. The van der Waals surface area contributed by atoms with Crippen molar-refractivity contribution >= 4 is 5.91 Å². The fraction of sp³-hybridized carbons (Fsp3) is 0.375. The Labute approximate surface area is 125 Å². The van der Waals surface area contributed by atoms with Crippen LogP contribution < -0.4 is 5.32 Å². The summed E-state index contributed by atoms with van der Waals surface area (Å²) in [6.45, 7) is 5.68. The van der Waals surface area contributed by atoms with E-state index in [4.69, 9.17) is 4.74 Å². The number of rotatable bonds is 6. The first-order chi connectivity index (χ1) is 10.1. The number of nitrogens with one attached hydrogen (secondary N) is 1. The molecule has 0 radical (unpaired) electrons. The van der Waals surface area contributed by atoms with Crippen LogP contribution in [0.1, 0.15) is 27.4 Å². The van der Waals surface area contributed by atoms with Crippen molar-refractivity contribution in [1.82, 2.24) is 14.9 Å². The summed E-state index contributed by atoms with van der Waals surface area (Å²) in [6, 6.07) is 7.57. The number of nitrogens with zero attached hydrogens (tertiary/aromatic N) is 2. The molecular formula is C16H21N3O2. The fourth-order valence-electron chi connectivity index (χ4n) is 2.23. The Balaban J connectivity index is 1.92. The van der Waals surface area contributed by atoms with Gasteiger partial charge in [-0.25, -0.2) is 4.98 Å². The van der Waals surface area contributed by atoms with Crippen LogP contribution in [-0.2, 0) is 17.9 Å². The summed E-state index contributed by atoms with van der Waals surface area (Å²) in [5, 5.41) is 2.93. The molecule has 1 amide bonds. The lowest BCUT2D eigenvalue weighted by Gasteiger charge is -2.11. The Morgan fingerprint density at radius 1 is 1.38 bits per heavy atom. The Morgan fingerprint density at radius 3 is 2.90 bits per heavy atom. The number of hydrogen-bond acceptors (Lipinski definition) is 3. The van der Waals surface area contributed by atoms with Crippen LogP contribution >= 0.6 is 0 Å². The van der Waals surface area contributed by atoms with Gasteiger partial charge in [-0.05, 0) is 26.0 Å². The molecule has 0 aliphatic carbocycles. The standard InChI is InChI=1S/C16H21N3O2/c1-12-5-4-6-14(9-12)16(20)17-7-8-19-13(2)10-18-15(19)11-21-3/h4-6,9-10H,7-8,11H2,1-3H3,(H,17,20). The van der Waals surface area contributed by atoms with Gasteiger partial charge < -0.3 is 14.6 Å². The number of aromatic nitrogens is 2. The van der Waals surface area contributed by atoms with E-state index in [1.165, 1.54) is 0 Å². The van der Waals surface area contributed by atoms with Crippen molar-refractivity contribution < 1.29 is 9.53 Å². The zero-order chi connectivity index (χ0) is 15.2. The molecule has 0 saturated heterocycles. The highest BCUT2D eigenvalue weighted by atomic mass is 16.5. The first kappa shape index (κ1) is 15.3. The first-order valence-electron chi connectivity index (χ1n) is 6.96. The molecule has 2 aromatic rings. The molecule has 1 aromatic carbocycles. The minimum Gasteiger partial charge on any atom is -0.377 e. The monoisotopic (exact) mass is 287 g/mol. The van der Waals surface area contributed by atoms with Gasteiger partial charge in [0.15, 0.2) is 0 Å². The van der Waals surface area contributed by atoms with Crippen LogP contribution in [0.3, 0.4) is 0 Å². The molecule has 2 rings (SSSR count). The van der Waals surface area contributed by atoms with E-state index in [-0.39, 0.29) is 5.91 Å².